The Balaban J connectivity index is 1.64. The van der Waals surface area contributed by atoms with E-state index in [4.69, 9.17) is 16.3 Å². The molecule has 1 saturated heterocycles. The number of amides is 3. The fourth-order valence-corrected chi connectivity index (χ4v) is 3.74. The summed E-state index contributed by atoms with van der Waals surface area (Å²) in [5.41, 5.74) is -0.186. The number of nitrogens with one attached hydrogen (secondary N) is 1. The number of para-hydroxylation sites is 1. The van der Waals surface area contributed by atoms with Gasteiger partial charge < -0.3 is 10.1 Å². The Morgan fingerprint density at radius 2 is 1.79 bits per heavy atom. The Bertz CT molecular complexity index is 861. The number of likely N-dealkylation sites (N-methyl/N-ethyl adjacent to an activating group) is 1. The van der Waals surface area contributed by atoms with Crippen molar-refractivity contribution in [2.75, 3.05) is 26.9 Å². The van der Waals surface area contributed by atoms with Gasteiger partial charge in [0.15, 0.2) is 0 Å². The zero-order valence-electron chi connectivity index (χ0n) is 16.7. The van der Waals surface area contributed by atoms with Crippen LogP contribution in [0, 0.1) is 0 Å². The second-order valence-electron chi connectivity index (χ2n) is 7.18. The average molecular weight is 416 g/mol. The van der Waals surface area contributed by atoms with Crippen LogP contribution in [0.15, 0.2) is 54.6 Å². The van der Waals surface area contributed by atoms with E-state index in [1.54, 1.807) is 12.1 Å². The summed E-state index contributed by atoms with van der Waals surface area (Å²) < 4.78 is 5.70. The van der Waals surface area contributed by atoms with Crippen LogP contribution in [-0.2, 0) is 10.3 Å². The van der Waals surface area contributed by atoms with Gasteiger partial charge in [0.25, 0.3) is 5.91 Å². The molecule has 29 heavy (non-hydrogen) atoms. The molecule has 7 heteroatoms. The van der Waals surface area contributed by atoms with Crippen LogP contribution in [0.3, 0.4) is 0 Å². The lowest BCUT2D eigenvalue weighted by Gasteiger charge is -2.28. The summed E-state index contributed by atoms with van der Waals surface area (Å²) in [5, 5.41) is 3.49. The van der Waals surface area contributed by atoms with Crippen LogP contribution in [0.1, 0.15) is 25.3 Å². The van der Waals surface area contributed by atoms with Gasteiger partial charge in [0.05, 0.1) is 11.7 Å². The number of nitrogens with zero attached hydrogens (tertiary/aromatic N) is 2. The van der Waals surface area contributed by atoms with Crippen molar-refractivity contribution < 1.29 is 14.3 Å². The molecule has 2 aromatic rings. The van der Waals surface area contributed by atoms with Crippen LogP contribution in [0.25, 0.3) is 0 Å². The molecule has 3 rings (SSSR count). The number of carbonyl (C=O) groups is 2. The highest BCUT2D eigenvalue weighted by Gasteiger charge is 2.51. The van der Waals surface area contributed by atoms with E-state index < -0.39 is 5.54 Å². The molecule has 0 aliphatic carbocycles. The first kappa shape index (κ1) is 21.1. The third kappa shape index (κ3) is 4.54. The number of urea groups is 1. The molecule has 1 aliphatic heterocycles. The maximum absolute atomic E-state index is 13.3. The molecule has 0 bridgehead atoms. The zero-order chi connectivity index (χ0) is 20.9. The van der Waals surface area contributed by atoms with Crippen molar-refractivity contribution in [1.82, 2.24) is 15.1 Å². The van der Waals surface area contributed by atoms with E-state index in [0.717, 1.165) is 12.0 Å². The number of ether oxygens (including phenoxy) is 1. The number of imide groups is 1. The van der Waals surface area contributed by atoms with Crippen molar-refractivity contribution in [2.24, 2.45) is 0 Å². The molecule has 1 aliphatic rings. The van der Waals surface area contributed by atoms with Crippen LogP contribution in [0.4, 0.5) is 4.79 Å². The molecule has 1 N–H and O–H groups in total. The van der Waals surface area contributed by atoms with Crippen molar-refractivity contribution in [2.45, 2.75) is 25.3 Å². The van der Waals surface area contributed by atoms with E-state index in [1.807, 2.05) is 61.3 Å². The largest absolute Gasteiger partial charge is 0.491 e. The minimum atomic E-state index is -0.998. The number of hydrogen-bond donors (Lipinski definition) is 1. The van der Waals surface area contributed by atoms with E-state index in [9.17, 15) is 9.59 Å². The smallest absolute Gasteiger partial charge is 0.326 e. The molecule has 1 heterocycles. The Morgan fingerprint density at radius 1 is 1.10 bits per heavy atom. The second-order valence-corrected chi connectivity index (χ2v) is 7.59. The molecule has 3 amide bonds. The molecule has 154 valence electrons. The van der Waals surface area contributed by atoms with Gasteiger partial charge in [-0.2, -0.15) is 0 Å². The Morgan fingerprint density at radius 3 is 2.48 bits per heavy atom. The van der Waals surface area contributed by atoms with Crippen LogP contribution in [0.5, 0.6) is 5.75 Å². The monoisotopic (exact) mass is 415 g/mol. The standard InChI is InChI=1S/C22H26ClN3O3/c1-3-13-22(17-9-5-4-6-10-17)20(27)26(21(28)24-22)16-25(2)14-15-29-19-12-8-7-11-18(19)23/h4-12H,3,13-16H2,1-2H3,(H,24,28)/t22-/m0/s1. The molecule has 0 aromatic heterocycles. The molecular formula is C22H26ClN3O3. The highest BCUT2D eigenvalue weighted by Crippen LogP contribution is 2.33. The van der Waals surface area contributed by atoms with Gasteiger partial charge >= 0.3 is 6.03 Å². The van der Waals surface area contributed by atoms with Gasteiger partial charge in [-0.1, -0.05) is 67.4 Å². The quantitative estimate of drug-likeness (QED) is 0.632. The van der Waals surface area contributed by atoms with E-state index in [-0.39, 0.29) is 18.6 Å². The lowest BCUT2D eigenvalue weighted by Crippen LogP contribution is -2.45. The van der Waals surface area contributed by atoms with Gasteiger partial charge in [-0.05, 0) is 31.2 Å². The topological polar surface area (TPSA) is 61.9 Å². The number of halogens is 1. The molecule has 6 nitrogen and oxygen atoms in total. The van der Waals surface area contributed by atoms with Crippen molar-refractivity contribution in [3.05, 3.63) is 65.2 Å². The van der Waals surface area contributed by atoms with Gasteiger partial charge in [-0.15, -0.1) is 0 Å². The fourth-order valence-electron chi connectivity index (χ4n) is 3.55. The zero-order valence-corrected chi connectivity index (χ0v) is 17.5. The summed E-state index contributed by atoms with van der Waals surface area (Å²) in [6.07, 6.45) is 1.33. The molecular weight excluding hydrogens is 390 g/mol. The highest BCUT2D eigenvalue weighted by atomic mass is 35.5. The Kier molecular flexibility index (Phi) is 6.77. The third-order valence-corrected chi connectivity index (χ3v) is 5.33. The van der Waals surface area contributed by atoms with Gasteiger partial charge in [-0.3, -0.25) is 9.69 Å². The molecule has 1 fully saturated rings. The van der Waals surface area contributed by atoms with E-state index in [2.05, 4.69) is 5.32 Å². The van der Waals surface area contributed by atoms with Crippen molar-refractivity contribution in [3.8, 4) is 5.75 Å². The SMILES string of the molecule is CCC[C@@]1(c2ccccc2)NC(=O)N(CN(C)CCOc2ccccc2Cl)C1=O. The summed E-state index contributed by atoms with van der Waals surface area (Å²) in [4.78, 5) is 29.1. The number of hydrogen-bond acceptors (Lipinski definition) is 4. The predicted octanol–water partition coefficient (Wildman–Crippen LogP) is 3.86. The summed E-state index contributed by atoms with van der Waals surface area (Å²) in [6.45, 7) is 3.12. The van der Waals surface area contributed by atoms with Crippen LogP contribution >= 0.6 is 11.6 Å². The van der Waals surface area contributed by atoms with Gasteiger partial charge in [-0.25, -0.2) is 9.69 Å². The van der Waals surface area contributed by atoms with Gasteiger partial charge in [0.1, 0.15) is 17.9 Å². The molecule has 0 unspecified atom stereocenters. The normalized spacial score (nSPS) is 19.0. The maximum atomic E-state index is 13.3. The molecule has 0 saturated carbocycles. The maximum Gasteiger partial charge on any atom is 0.326 e. The summed E-state index contributed by atoms with van der Waals surface area (Å²) in [6, 6.07) is 16.3. The van der Waals surface area contributed by atoms with Gasteiger partial charge in [0.2, 0.25) is 0 Å². The van der Waals surface area contributed by atoms with E-state index in [0.29, 0.717) is 30.3 Å². The first-order valence-corrected chi connectivity index (χ1v) is 10.1. The molecule has 1 atom stereocenters. The van der Waals surface area contributed by atoms with Crippen molar-refractivity contribution in [3.63, 3.8) is 0 Å². The lowest BCUT2D eigenvalue weighted by molar-refractivity contribution is -0.133. The van der Waals surface area contributed by atoms with E-state index >= 15 is 0 Å². The van der Waals surface area contributed by atoms with Crippen LogP contribution < -0.4 is 10.1 Å². The predicted molar refractivity (Wildman–Crippen MR) is 113 cm³/mol. The second kappa shape index (κ2) is 9.29. The first-order chi connectivity index (χ1) is 14.0. The lowest BCUT2D eigenvalue weighted by atomic mass is 9.85. The molecule has 2 aromatic carbocycles. The average Bonchev–Trinajstić information content (AvgIpc) is 2.95. The molecule has 0 radical (unpaired) electrons. The van der Waals surface area contributed by atoms with E-state index in [1.165, 1.54) is 4.90 Å². The summed E-state index contributed by atoms with van der Waals surface area (Å²) in [5.74, 6) is 0.401. The summed E-state index contributed by atoms with van der Waals surface area (Å²) >= 11 is 6.09. The number of benzene rings is 2. The third-order valence-electron chi connectivity index (χ3n) is 5.02. The minimum Gasteiger partial charge on any atom is -0.491 e. The fraction of sp³-hybridized carbons (Fsp3) is 0.364. The van der Waals surface area contributed by atoms with Gasteiger partial charge in [0, 0.05) is 6.54 Å². The van der Waals surface area contributed by atoms with Crippen LogP contribution in [-0.4, -0.2) is 48.6 Å². The van der Waals surface area contributed by atoms with Crippen LogP contribution in [0.2, 0.25) is 5.02 Å². The molecule has 0 spiro atoms. The first-order valence-electron chi connectivity index (χ1n) is 9.73. The summed E-state index contributed by atoms with van der Waals surface area (Å²) in [7, 11) is 1.85. The van der Waals surface area contributed by atoms with Crippen molar-refractivity contribution in [1.29, 1.82) is 0 Å². The highest BCUT2D eigenvalue weighted by molar-refractivity contribution is 6.32. The number of rotatable bonds is 9. The number of carbonyl (C=O) groups excluding carboxylic acids is 2. The van der Waals surface area contributed by atoms with Crippen molar-refractivity contribution >= 4 is 23.5 Å². The Hall–Kier alpha value is -2.57. The minimum absolute atomic E-state index is 0.189. The Labute approximate surface area is 176 Å².